The Bertz CT molecular complexity index is 1210. The predicted octanol–water partition coefficient (Wildman–Crippen LogP) is 1.73. The highest BCUT2D eigenvalue weighted by molar-refractivity contribution is 6.23. The van der Waals surface area contributed by atoms with Gasteiger partial charge >= 0.3 is 6.09 Å². The summed E-state index contributed by atoms with van der Waals surface area (Å²) in [6.45, 7) is 8.50. The van der Waals surface area contributed by atoms with Gasteiger partial charge in [-0.3, -0.25) is 14.4 Å². The SMILES string of the molecule is CO[C@H]1/C=C\C=C(\C)C(=O)NC2=CC(=O)C(NC[C@H](C)O)=C(C[C@@H](C)C[C@H](OC)[C@H](O)[C@@H](C)/C=C(/C)[C@@H]1OC(N)=O)C2=O. The summed E-state index contributed by atoms with van der Waals surface area (Å²) in [7, 11) is 2.90. The van der Waals surface area contributed by atoms with Crippen LogP contribution in [0, 0.1) is 11.8 Å². The predicted molar refractivity (Wildman–Crippen MR) is 159 cm³/mol. The first-order valence-electron chi connectivity index (χ1n) is 14.2. The molecule has 1 aliphatic heterocycles. The molecule has 1 aliphatic carbocycles. The van der Waals surface area contributed by atoms with Crippen molar-refractivity contribution in [3.05, 3.63) is 58.5 Å². The molecule has 0 saturated heterocycles. The van der Waals surface area contributed by atoms with Crippen molar-refractivity contribution in [1.82, 2.24) is 10.6 Å². The van der Waals surface area contributed by atoms with Crippen LogP contribution in [-0.4, -0.2) is 85.1 Å². The third-order valence-electron chi connectivity index (χ3n) is 7.37. The average molecular weight is 604 g/mol. The largest absolute Gasteiger partial charge is 0.439 e. The summed E-state index contributed by atoms with van der Waals surface area (Å²) in [6, 6.07) is 0. The number of allylic oxidation sites excluding steroid dienone is 4. The lowest BCUT2D eigenvalue weighted by Crippen LogP contribution is -2.38. The molecule has 0 aromatic rings. The fourth-order valence-corrected chi connectivity index (χ4v) is 5.03. The third-order valence-corrected chi connectivity index (χ3v) is 7.37. The molecule has 43 heavy (non-hydrogen) atoms. The van der Waals surface area contributed by atoms with Gasteiger partial charge in [-0.05, 0) is 45.1 Å². The van der Waals surface area contributed by atoms with Crippen LogP contribution in [0.4, 0.5) is 4.79 Å². The molecule has 238 valence electrons. The van der Waals surface area contributed by atoms with Crippen molar-refractivity contribution in [3.8, 4) is 0 Å². The van der Waals surface area contributed by atoms with Crippen LogP contribution < -0.4 is 16.4 Å². The van der Waals surface area contributed by atoms with E-state index in [9.17, 15) is 29.4 Å². The number of fused-ring (bicyclic) bond motifs is 2. The molecule has 2 amide bonds. The first kappa shape index (κ1) is 35.6. The van der Waals surface area contributed by atoms with Crippen molar-refractivity contribution in [2.75, 3.05) is 20.8 Å². The van der Waals surface area contributed by atoms with Gasteiger partial charge in [0.25, 0.3) is 5.91 Å². The molecule has 6 N–H and O–H groups in total. The van der Waals surface area contributed by atoms with E-state index in [1.54, 1.807) is 32.9 Å². The minimum Gasteiger partial charge on any atom is -0.439 e. The fourth-order valence-electron chi connectivity index (χ4n) is 5.03. The Morgan fingerprint density at radius 1 is 1.19 bits per heavy atom. The summed E-state index contributed by atoms with van der Waals surface area (Å²) in [5.74, 6) is -2.35. The van der Waals surface area contributed by atoms with Gasteiger partial charge in [0, 0.05) is 43.9 Å². The zero-order valence-corrected chi connectivity index (χ0v) is 25.9. The Morgan fingerprint density at radius 3 is 2.44 bits per heavy atom. The smallest absolute Gasteiger partial charge is 0.405 e. The number of nitrogens with two attached hydrogens (primary N) is 1. The molecule has 12 heteroatoms. The maximum Gasteiger partial charge on any atom is 0.405 e. The third kappa shape index (κ3) is 9.99. The number of ketones is 2. The van der Waals surface area contributed by atoms with Crippen LogP contribution >= 0.6 is 0 Å². The molecule has 2 aliphatic rings. The van der Waals surface area contributed by atoms with Crippen LogP contribution in [0.5, 0.6) is 0 Å². The molecule has 1 heterocycles. The summed E-state index contributed by atoms with van der Waals surface area (Å²) < 4.78 is 16.5. The second kappa shape index (κ2) is 16.3. The highest BCUT2D eigenvalue weighted by Gasteiger charge is 2.33. The number of amides is 2. The summed E-state index contributed by atoms with van der Waals surface area (Å²) in [5, 5.41) is 26.4. The first-order chi connectivity index (χ1) is 20.2. The normalized spacial score (nSPS) is 32.0. The summed E-state index contributed by atoms with van der Waals surface area (Å²) in [4.78, 5) is 51.4. The Balaban J connectivity index is 2.62. The van der Waals surface area contributed by atoms with Gasteiger partial charge in [-0.25, -0.2) is 4.79 Å². The number of primary amides is 1. The van der Waals surface area contributed by atoms with Crippen molar-refractivity contribution >= 4 is 23.6 Å². The number of nitrogens with one attached hydrogen (secondary N) is 2. The standard InChI is InChI=1S/C31H45N3O9/c1-16-11-21-26(33-15-20(5)35)23(36)14-22(28(21)38)34-30(39)17(2)9-8-10-24(41-6)29(43-31(32)40)19(4)13-18(3)27(37)25(12-16)42-7/h8-10,13-14,16,18,20,24-25,27,29,33,35,37H,11-12,15H2,1-7H3,(H2,32,40)(H,34,39)/b10-8-,17-9-,19-13-/t16-,18+,20+,24+,25+,27-,29+/m1/s1. The zero-order chi connectivity index (χ0) is 32.4. The molecule has 0 saturated carbocycles. The summed E-state index contributed by atoms with van der Waals surface area (Å²) >= 11 is 0. The maximum absolute atomic E-state index is 13.6. The minimum absolute atomic E-state index is 0.0431. The Morgan fingerprint density at radius 2 is 1.86 bits per heavy atom. The molecule has 12 nitrogen and oxygen atoms in total. The van der Waals surface area contributed by atoms with E-state index in [0.29, 0.717) is 12.0 Å². The van der Waals surface area contributed by atoms with Crippen molar-refractivity contribution in [2.45, 2.75) is 78.0 Å². The number of rotatable bonds is 6. The summed E-state index contributed by atoms with van der Waals surface area (Å²) in [6.07, 6.45) is 2.72. The van der Waals surface area contributed by atoms with E-state index in [4.69, 9.17) is 19.9 Å². The van der Waals surface area contributed by atoms with Crippen LogP contribution in [0.3, 0.4) is 0 Å². The lowest BCUT2D eigenvalue weighted by atomic mass is 9.85. The van der Waals surface area contributed by atoms with Gasteiger partial charge in [0.2, 0.25) is 11.6 Å². The van der Waals surface area contributed by atoms with E-state index >= 15 is 0 Å². The Hall–Kier alpha value is -3.58. The molecule has 7 atom stereocenters. The number of ether oxygens (including phenoxy) is 3. The van der Waals surface area contributed by atoms with Crippen LogP contribution in [0.25, 0.3) is 0 Å². The second-order valence-corrected chi connectivity index (χ2v) is 11.2. The van der Waals surface area contributed by atoms with Gasteiger partial charge in [-0.2, -0.15) is 0 Å². The Kier molecular flexibility index (Phi) is 13.5. The van der Waals surface area contributed by atoms with E-state index < -0.39 is 60.0 Å². The van der Waals surface area contributed by atoms with E-state index in [1.807, 2.05) is 6.92 Å². The maximum atomic E-state index is 13.6. The van der Waals surface area contributed by atoms with Crippen LogP contribution in [0.2, 0.25) is 0 Å². The van der Waals surface area contributed by atoms with Gasteiger partial charge < -0.3 is 40.8 Å². The molecule has 0 aromatic heterocycles. The molecule has 0 radical (unpaired) electrons. The summed E-state index contributed by atoms with van der Waals surface area (Å²) in [5.41, 5.74) is 6.19. The average Bonchev–Trinajstić information content (AvgIpc) is 2.93. The number of hydrogen-bond donors (Lipinski definition) is 5. The van der Waals surface area contributed by atoms with Gasteiger partial charge in [0.15, 0.2) is 6.10 Å². The molecule has 2 bridgehead atoms. The van der Waals surface area contributed by atoms with Crippen molar-refractivity contribution in [2.24, 2.45) is 17.6 Å². The van der Waals surface area contributed by atoms with E-state index in [2.05, 4.69) is 10.6 Å². The van der Waals surface area contributed by atoms with Gasteiger partial charge in [-0.1, -0.05) is 38.2 Å². The minimum atomic E-state index is -1.01. The monoisotopic (exact) mass is 603 g/mol. The van der Waals surface area contributed by atoms with Gasteiger partial charge in [0.1, 0.15) is 6.10 Å². The quantitative estimate of drug-likeness (QED) is 0.221. The number of carbonyl (C=O) groups excluding carboxylic acids is 4. The number of carbonyl (C=O) groups is 4. The number of aliphatic hydroxyl groups is 2. The lowest BCUT2D eigenvalue weighted by molar-refractivity contribution is -0.120. The van der Waals surface area contributed by atoms with E-state index in [1.165, 1.54) is 33.3 Å². The number of hydrogen-bond acceptors (Lipinski definition) is 10. The number of aliphatic hydroxyl groups excluding tert-OH is 2. The molecule has 0 unspecified atom stereocenters. The highest BCUT2D eigenvalue weighted by atomic mass is 16.6. The topological polar surface area (TPSA) is 187 Å². The molecule has 2 rings (SSSR count). The van der Waals surface area contributed by atoms with Crippen molar-refractivity contribution < 1.29 is 43.6 Å². The zero-order valence-electron chi connectivity index (χ0n) is 25.9. The highest BCUT2D eigenvalue weighted by Crippen LogP contribution is 2.28. The molecule has 0 fully saturated rings. The molecule has 0 aromatic carbocycles. The number of methoxy groups -OCH3 is 2. The van der Waals surface area contributed by atoms with Gasteiger partial charge in [0.05, 0.1) is 29.7 Å². The van der Waals surface area contributed by atoms with Crippen LogP contribution in [0.15, 0.2) is 58.5 Å². The molecule has 0 spiro atoms. The van der Waals surface area contributed by atoms with Crippen LogP contribution in [0.1, 0.15) is 47.5 Å². The molecular formula is C31H45N3O9. The van der Waals surface area contributed by atoms with E-state index in [-0.39, 0.29) is 41.4 Å². The fraction of sp³-hybridized carbons (Fsp3) is 0.548. The van der Waals surface area contributed by atoms with Crippen LogP contribution in [-0.2, 0) is 28.6 Å². The van der Waals surface area contributed by atoms with Gasteiger partial charge in [-0.15, -0.1) is 0 Å². The second-order valence-electron chi connectivity index (χ2n) is 11.2. The first-order valence-corrected chi connectivity index (χ1v) is 14.2. The molecular weight excluding hydrogens is 558 g/mol. The van der Waals surface area contributed by atoms with Crippen molar-refractivity contribution in [1.29, 1.82) is 0 Å². The van der Waals surface area contributed by atoms with E-state index in [0.717, 1.165) is 6.08 Å². The van der Waals surface area contributed by atoms with Crippen molar-refractivity contribution in [3.63, 3.8) is 0 Å². The Labute approximate surface area is 252 Å². The lowest BCUT2D eigenvalue weighted by Gasteiger charge is -2.30. The number of Topliss-reactive ketones (excluding diaryl/α,β-unsaturated/α-hetero) is 1.